The summed E-state index contributed by atoms with van der Waals surface area (Å²) >= 11 is 0. The zero-order valence-corrected chi connectivity index (χ0v) is 15.1. The summed E-state index contributed by atoms with van der Waals surface area (Å²) < 4.78 is 42.2. The van der Waals surface area contributed by atoms with Gasteiger partial charge in [0.15, 0.2) is 0 Å². The number of hydrogen-bond acceptors (Lipinski definition) is 3. The number of nitrogens with zero attached hydrogens (tertiary/aromatic N) is 4. The molecule has 142 valence electrons. The van der Waals surface area contributed by atoms with Crippen LogP contribution in [0.2, 0.25) is 0 Å². The smallest absolute Gasteiger partial charge is 0.356 e. The number of hydrogen-bond donors (Lipinski definition) is 0. The van der Waals surface area contributed by atoms with Gasteiger partial charge in [-0.1, -0.05) is 19.1 Å². The highest BCUT2D eigenvalue weighted by Gasteiger charge is 2.36. The lowest BCUT2D eigenvalue weighted by Gasteiger charge is -2.35. The van der Waals surface area contributed by atoms with Crippen LogP contribution in [0.4, 0.5) is 19.0 Å². The van der Waals surface area contributed by atoms with E-state index in [4.69, 9.17) is 4.98 Å². The molecule has 2 aromatic heterocycles. The van der Waals surface area contributed by atoms with Crippen LogP contribution >= 0.6 is 0 Å². The van der Waals surface area contributed by atoms with Gasteiger partial charge in [0.2, 0.25) is 0 Å². The number of piperidine rings is 1. The minimum absolute atomic E-state index is 0.0367. The van der Waals surface area contributed by atoms with E-state index in [1.165, 1.54) is 12.3 Å². The summed E-state index contributed by atoms with van der Waals surface area (Å²) in [5.74, 6) is 1.07. The van der Waals surface area contributed by atoms with Gasteiger partial charge in [-0.3, -0.25) is 0 Å². The third-order valence-corrected chi connectivity index (χ3v) is 5.21. The molecule has 3 heterocycles. The highest BCUT2D eigenvalue weighted by Crippen LogP contribution is 2.37. The van der Waals surface area contributed by atoms with Crippen LogP contribution in [0.3, 0.4) is 0 Å². The molecule has 1 aliphatic heterocycles. The van der Waals surface area contributed by atoms with E-state index >= 15 is 0 Å². The maximum Gasteiger partial charge on any atom is 0.419 e. The van der Waals surface area contributed by atoms with Gasteiger partial charge in [-0.25, -0.2) is 9.97 Å². The van der Waals surface area contributed by atoms with Gasteiger partial charge in [-0.05, 0) is 37.1 Å². The molecule has 1 aliphatic rings. The van der Waals surface area contributed by atoms with Gasteiger partial charge in [0.05, 0.1) is 16.6 Å². The van der Waals surface area contributed by atoms with Gasteiger partial charge < -0.3 is 9.47 Å². The summed E-state index contributed by atoms with van der Waals surface area (Å²) in [4.78, 5) is 10.5. The molecule has 0 amide bonds. The number of para-hydroxylation sites is 2. The average molecular weight is 374 g/mol. The molecule has 27 heavy (non-hydrogen) atoms. The van der Waals surface area contributed by atoms with E-state index in [-0.39, 0.29) is 11.9 Å². The quantitative estimate of drug-likeness (QED) is 0.657. The second-order valence-electron chi connectivity index (χ2n) is 6.83. The van der Waals surface area contributed by atoms with Crippen molar-refractivity contribution in [3.05, 3.63) is 54.0 Å². The Kier molecular flexibility index (Phi) is 4.53. The van der Waals surface area contributed by atoms with Crippen molar-refractivity contribution in [1.82, 2.24) is 14.5 Å². The lowest BCUT2D eigenvalue weighted by atomic mass is 10.0. The summed E-state index contributed by atoms with van der Waals surface area (Å²) in [6, 6.07) is 10.7. The van der Waals surface area contributed by atoms with Crippen molar-refractivity contribution in [3.8, 4) is 0 Å². The number of aryl methyl sites for hydroxylation is 1. The predicted molar refractivity (Wildman–Crippen MR) is 98.8 cm³/mol. The highest BCUT2D eigenvalue weighted by molar-refractivity contribution is 5.76. The van der Waals surface area contributed by atoms with E-state index in [0.29, 0.717) is 13.1 Å². The van der Waals surface area contributed by atoms with E-state index in [1.807, 2.05) is 18.2 Å². The zero-order chi connectivity index (χ0) is 19.0. The SMILES string of the molecule is CCc1nc2ccccc2n1C1CCN(c2ncccc2C(F)(F)F)CC1. The molecule has 0 aliphatic carbocycles. The Morgan fingerprint density at radius 2 is 1.81 bits per heavy atom. The molecule has 1 saturated heterocycles. The molecular weight excluding hydrogens is 353 g/mol. The molecule has 0 saturated carbocycles. The predicted octanol–water partition coefficient (Wildman–Crippen LogP) is 4.85. The third kappa shape index (κ3) is 3.26. The van der Waals surface area contributed by atoms with Crippen LogP contribution in [0.15, 0.2) is 42.6 Å². The fourth-order valence-electron chi connectivity index (χ4n) is 3.96. The second kappa shape index (κ2) is 6.87. The fraction of sp³-hybridized carbons (Fsp3) is 0.400. The Balaban J connectivity index is 1.59. The topological polar surface area (TPSA) is 34.0 Å². The lowest BCUT2D eigenvalue weighted by molar-refractivity contribution is -0.137. The largest absolute Gasteiger partial charge is 0.419 e. The van der Waals surface area contributed by atoms with E-state index in [0.717, 1.165) is 42.2 Å². The van der Waals surface area contributed by atoms with Crippen molar-refractivity contribution < 1.29 is 13.2 Å². The maximum atomic E-state index is 13.3. The standard InChI is InChI=1S/C20H21F3N4/c1-2-18-25-16-7-3-4-8-17(16)27(18)14-9-12-26(13-10-14)19-15(20(21,22)23)6-5-11-24-19/h3-8,11,14H,2,9-10,12-13H2,1H3. The normalized spacial score (nSPS) is 16.2. The van der Waals surface area contributed by atoms with Crippen LogP contribution in [0.25, 0.3) is 11.0 Å². The van der Waals surface area contributed by atoms with Crippen LogP contribution in [-0.4, -0.2) is 27.6 Å². The Morgan fingerprint density at radius 1 is 1.07 bits per heavy atom. The van der Waals surface area contributed by atoms with E-state index in [2.05, 4.69) is 22.5 Å². The molecule has 0 bridgehead atoms. The number of pyridine rings is 1. The Morgan fingerprint density at radius 3 is 2.52 bits per heavy atom. The summed E-state index contributed by atoms with van der Waals surface area (Å²) in [6.07, 6.45) is -0.610. The average Bonchev–Trinajstić information content (AvgIpc) is 3.06. The lowest BCUT2D eigenvalue weighted by Crippen LogP contribution is -2.36. The number of rotatable bonds is 3. The van der Waals surface area contributed by atoms with Crippen molar-refractivity contribution >= 4 is 16.9 Å². The second-order valence-corrected chi connectivity index (χ2v) is 6.83. The van der Waals surface area contributed by atoms with Crippen LogP contribution in [0, 0.1) is 0 Å². The Hall–Kier alpha value is -2.57. The third-order valence-electron chi connectivity index (χ3n) is 5.21. The molecule has 1 aromatic carbocycles. The summed E-state index contributed by atoms with van der Waals surface area (Å²) in [5, 5.41) is 0. The van der Waals surface area contributed by atoms with Crippen molar-refractivity contribution in [3.63, 3.8) is 0 Å². The number of halogens is 3. The first-order chi connectivity index (χ1) is 13.0. The first-order valence-corrected chi connectivity index (χ1v) is 9.22. The molecule has 3 aromatic rings. The Bertz CT molecular complexity index is 940. The van der Waals surface area contributed by atoms with E-state index < -0.39 is 11.7 Å². The van der Waals surface area contributed by atoms with Crippen molar-refractivity contribution in [2.24, 2.45) is 0 Å². The van der Waals surface area contributed by atoms with E-state index in [9.17, 15) is 13.2 Å². The number of imidazole rings is 1. The molecule has 4 rings (SSSR count). The van der Waals surface area contributed by atoms with Gasteiger partial charge in [-0.2, -0.15) is 13.2 Å². The van der Waals surface area contributed by atoms with Crippen LogP contribution in [0.5, 0.6) is 0 Å². The zero-order valence-electron chi connectivity index (χ0n) is 15.1. The molecule has 1 fully saturated rings. The Labute approximate surface area is 155 Å². The van der Waals surface area contributed by atoms with Gasteiger partial charge in [0, 0.05) is 31.7 Å². The molecule has 0 atom stereocenters. The number of fused-ring (bicyclic) bond motifs is 1. The molecule has 0 unspecified atom stereocenters. The minimum atomic E-state index is -4.39. The molecule has 4 nitrogen and oxygen atoms in total. The summed E-state index contributed by atoms with van der Waals surface area (Å²) in [7, 11) is 0. The minimum Gasteiger partial charge on any atom is -0.356 e. The van der Waals surface area contributed by atoms with Gasteiger partial charge in [0.1, 0.15) is 11.6 Å². The van der Waals surface area contributed by atoms with Crippen LogP contribution in [-0.2, 0) is 12.6 Å². The summed E-state index contributed by atoms with van der Waals surface area (Å²) in [6.45, 7) is 3.16. The number of anilines is 1. The highest BCUT2D eigenvalue weighted by atomic mass is 19.4. The fourth-order valence-corrected chi connectivity index (χ4v) is 3.96. The molecule has 0 radical (unpaired) electrons. The molecular formula is C20H21F3N4. The number of aromatic nitrogens is 3. The first kappa shape index (κ1) is 17.8. The van der Waals surface area contributed by atoms with Gasteiger partial charge in [0.25, 0.3) is 0 Å². The van der Waals surface area contributed by atoms with Crippen molar-refractivity contribution in [2.45, 2.75) is 38.4 Å². The molecule has 0 spiro atoms. The van der Waals surface area contributed by atoms with E-state index in [1.54, 1.807) is 4.90 Å². The van der Waals surface area contributed by atoms with Gasteiger partial charge in [-0.15, -0.1) is 0 Å². The molecule has 0 N–H and O–H groups in total. The maximum absolute atomic E-state index is 13.3. The van der Waals surface area contributed by atoms with Crippen LogP contribution in [0.1, 0.15) is 37.2 Å². The first-order valence-electron chi connectivity index (χ1n) is 9.22. The number of alkyl halides is 3. The number of benzene rings is 1. The van der Waals surface area contributed by atoms with Crippen LogP contribution < -0.4 is 4.90 Å². The van der Waals surface area contributed by atoms with Crippen molar-refractivity contribution in [2.75, 3.05) is 18.0 Å². The van der Waals surface area contributed by atoms with Gasteiger partial charge >= 0.3 is 6.18 Å². The monoisotopic (exact) mass is 374 g/mol. The van der Waals surface area contributed by atoms with Crippen molar-refractivity contribution in [1.29, 1.82) is 0 Å². The summed E-state index contributed by atoms with van der Waals surface area (Å²) in [5.41, 5.74) is 1.41. The molecule has 7 heteroatoms.